The summed E-state index contributed by atoms with van der Waals surface area (Å²) in [4.78, 5) is 4.18. The quantitative estimate of drug-likeness (QED) is 0.860. The average molecular weight is 265 g/mol. The summed E-state index contributed by atoms with van der Waals surface area (Å²) >= 11 is 0. The van der Waals surface area contributed by atoms with Gasteiger partial charge in [0.15, 0.2) is 0 Å². The average Bonchev–Trinajstić information content (AvgIpc) is 2.78. The Kier molecular flexibility index (Phi) is 3.80. The third-order valence-corrected chi connectivity index (χ3v) is 2.78. The molecule has 2 rings (SSSR count). The van der Waals surface area contributed by atoms with Gasteiger partial charge in [-0.15, -0.1) is 0 Å². The zero-order chi connectivity index (χ0) is 14.0. The van der Waals surface area contributed by atoms with Crippen molar-refractivity contribution in [2.45, 2.75) is 20.0 Å². The van der Waals surface area contributed by atoms with Crippen LogP contribution < -0.4 is 5.73 Å². The molecule has 19 heavy (non-hydrogen) atoms. The van der Waals surface area contributed by atoms with Crippen LogP contribution in [0.15, 0.2) is 22.7 Å². The minimum absolute atomic E-state index is 0.121. The second-order valence-electron chi connectivity index (χ2n) is 4.60. The van der Waals surface area contributed by atoms with Gasteiger partial charge in [0.2, 0.25) is 5.82 Å². The van der Waals surface area contributed by atoms with Crippen LogP contribution in [0.25, 0.3) is 11.5 Å². The van der Waals surface area contributed by atoms with Crippen LogP contribution in [0.2, 0.25) is 0 Å². The number of rotatable bonds is 4. The SMILES string of the molecule is COC(c1noc(-c2ccc(N)cc2F)n1)C(C)C. The molecule has 0 fully saturated rings. The molecule has 0 spiro atoms. The number of benzene rings is 1. The fourth-order valence-corrected chi connectivity index (χ4v) is 1.84. The molecule has 0 aliphatic rings. The minimum Gasteiger partial charge on any atom is -0.399 e. The normalized spacial score (nSPS) is 12.9. The number of methoxy groups -OCH3 is 1. The van der Waals surface area contributed by atoms with E-state index in [1.807, 2.05) is 13.8 Å². The molecule has 2 aromatic rings. The largest absolute Gasteiger partial charge is 0.399 e. The van der Waals surface area contributed by atoms with E-state index in [1.54, 1.807) is 13.2 Å². The lowest BCUT2D eigenvalue weighted by Crippen LogP contribution is -2.10. The number of nitrogens with two attached hydrogens (primary N) is 1. The second kappa shape index (κ2) is 5.36. The van der Waals surface area contributed by atoms with Crippen molar-refractivity contribution in [3.63, 3.8) is 0 Å². The van der Waals surface area contributed by atoms with Crippen molar-refractivity contribution in [3.05, 3.63) is 29.8 Å². The summed E-state index contributed by atoms with van der Waals surface area (Å²) in [7, 11) is 1.57. The number of nitrogen functional groups attached to an aromatic ring is 1. The molecule has 1 atom stereocenters. The molecule has 0 saturated carbocycles. The van der Waals surface area contributed by atoms with Crippen molar-refractivity contribution in [1.82, 2.24) is 10.1 Å². The third-order valence-electron chi connectivity index (χ3n) is 2.78. The summed E-state index contributed by atoms with van der Waals surface area (Å²) in [5.41, 5.74) is 6.07. The number of aromatic nitrogens is 2. The van der Waals surface area contributed by atoms with E-state index in [2.05, 4.69) is 10.1 Å². The van der Waals surface area contributed by atoms with Crippen LogP contribution >= 0.6 is 0 Å². The van der Waals surface area contributed by atoms with E-state index < -0.39 is 5.82 Å². The molecule has 0 amide bonds. The van der Waals surface area contributed by atoms with Gasteiger partial charge in [-0.1, -0.05) is 19.0 Å². The van der Waals surface area contributed by atoms with E-state index in [1.165, 1.54) is 12.1 Å². The van der Waals surface area contributed by atoms with Crippen LogP contribution in [0.5, 0.6) is 0 Å². The highest BCUT2D eigenvalue weighted by Gasteiger charge is 2.22. The Morgan fingerprint density at radius 1 is 1.37 bits per heavy atom. The van der Waals surface area contributed by atoms with E-state index in [4.69, 9.17) is 15.0 Å². The van der Waals surface area contributed by atoms with Crippen LogP contribution in [-0.4, -0.2) is 17.3 Å². The number of ether oxygens (including phenoxy) is 1. The zero-order valence-corrected chi connectivity index (χ0v) is 11.1. The van der Waals surface area contributed by atoms with Crippen molar-refractivity contribution >= 4 is 5.69 Å². The monoisotopic (exact) mass is 265 g/mol. The molecule has 1 unspecified atom stereocenters. The van der Waals surface area contributed by atoms with Gasteiger partial charge in [-0.2, -0.15) is 4.98 Å². The molecule has 6 heteroatoms. The van der Waals surface area contributed by atoms with Crippen molar-refractivity contribution in [1.29, 1.82) is 0 Å². The van der Waals surface area contributed by atoms with E-state index in [9.17, 15) is 4.39 Å². The molecule has 0 aliphatic heterocycles. The maximum absolute atomic E-state index is 13.7. The zero-order valence-electron chi connectivity index (χ0n) is 11.1. The molecule has 0 bridgehead atoms. The summed E-state index contributed by atoms with van der Waals surface area (Å²) in [5.74, 6) is 0.222. The third kappa shape index (κ3) is 2.73. The van der Waals surface area contributed by atoms with Gasteiger partial charge >= 0.3 is 0 Å². The summed E-state index contributed by atoms with van der Waals surface area (Å²) in [5, 5.41) is 3.84. The van der Waals surface area contributed by atoms with Gasteiger partial charge in [-0.05, 0) is 24.1 Å². The van der Waals surface area contributed by atoms with Gasteiger partial charge in [0.1, 0.15) is 11.9 Å². The second-order valence-corrected chi connectivity index (χ2v) is 4.60. The molecule has 1 heterocycles. The Hall–Kier alpha value is -1.95. The van der Waals surface area contributed by atoms with Crippen LogP contribution in [0, 0.1) is 11.7 Å². The first-order valence-corrected chi connectivity index (χ1v) is 5.94. The highest BCUT2D eigenvalue weighted by molar-refractivity contribution is 5.58. The Morgan fingerprint density at radius 2 is 2.11 bits per heavy atom. The lowest BCUT2D eigenvalue weighted by Gasteiger charge is -2.14. The highest BCUT2D eigenvalue weighted by atomic mass is 19.1. The maximum Gasteiger partial charge on any atom is 0.260 e. The first-order chi connectivity index (χ1) is 9.02. The minimum atomic E-state index is -0.492. The van der Waals surface area contributed by atoms with Crippen LogP contribution in [0.3, 0.4) is 0 Å². The summed E-state index contributed by atoms with van der Waals surface area (Å²) < 4.78 is 24.1. The van der Waals surface area contributed by atoms with Gasteiger partial charge in [0.25, 0.3) is 5.89 Å². The molecule has 1 aromatic carbocycles. The van der Waals surface area contributed by atoms with Gasteiger partial charge in [-0.3, -0.25) is 0 Å². The fourth-order valence-electron chi connectivity index (χ4n) is 1.84. The molecular weight excluding hydrogens is 249 g/mol. The van der Waals surface area contributed by atoms with E-state index >= 15 is 0 Å². The Morgan fingerprint density at radius 3 is 2.68 bits per heavy atom. The van der Waals surface area contributed by atoms with Crippen LogP contribution in [0.1, 0.15) is 25.8 Å². The van der Waals surface area contributed by atoms with Crippen molar-refractivity contribution in [3.8, 4) is 11.5 Å². The molecule has 2 N–H and O–H groups in total. The predicted octanol–water partition coefficient (Wildman–Crippen LogP) is 2.80. The number of hydrogen-bond acceptors (Lipinski definition) is 5. The van der Waals surface area contributed by atoms with E-state index in [0.717, 1.165) is 0 Å². The topological polar surface area (TPSA) is 74.2 Å². The van der Waals surface area contributed by atoms with Crippen molar-refractivity contribution in [2.24, 2.45) is 5.92 Å². The molecule has 1 aromatic heterocycles. The number of anilines is 1. The van der Waals surface area contributed by atoms with Gasteiger partial charge < -0.3 is 15.0 Å². The molecule has 0 radical (unpaired) electrons. The van der Waals surface area contributed by atoms with Gasteiger partial charge in [0, 0.05) is 12.8 Å². The van der Waals surface area contributed by atoms with Crippen molar-refractivity contribution in [2.75, 3.05) is 12.8 Å². The lowest BCUT2D eigenvalue weighted by molar-refractivity contribution is 0.0556. The molecule has 0 aliphatic carbocycles. The highest BCUT2D eigenvalue weighted by Crippen LogP contribution is 2.27. The lowest BCUT2D eigenvalue weighted by atomic mass is 10.1. The number of halogens is 1. The first kappa shape index (κ1) is 13.5. The van der Waals surface area contributed by atoms with Gasteiger partial charge in [-0.25, -0.2) is 4.39 Å². The smallest absolute Gasteiger partial charge is 0.260 e. The molecular formula is C13H16FN3O2. The fraction of sp³-hybridized carbons (Fsp3) is 0.385. The van der Waals surface area contributed by atoms with E-state index in [0.29, 0.717) is 11.5 Å². The molecule has 102 valence electrons. The predicted molar refractivity (Wildman–Crippen MR) is 68.7 cm³/mol. The Balaban J connectivity index is 2.35. The molecule has 0 saturated heterocycles. The first-order valence-electron chi connectivity index (χ1n) is 5.94. The standard InChI is InChI=1S/C13H16FN3O2/c1-7(2)11(18-3)12-16-13(19-17-12)9-5-4-8(15)6-10(9)14/h4-7,11H,15H2,1-3H3. The van der Waals surface area contributed by atoms with Gasteiger partial charge in [0.05, 0.1) is 5.56 Å². The summed E-state index contributed by atoms with van der Waals surface area (Å²) in [6.45, 7) is 3.96. The van der Waals surface area contributed by atoms with E-state index in [-0.39, 0.29) is 23.5 Å². The summed E-state index contributed by atoms with van der Waals surface area (Å²) in [6, 6.07) is 4.31. The maximum atomic E-state index is 13.7. The number of hydrogen-bond donors (Lipinski definition) is 1. The number of nitrogens with zero attached hydrogens (tertiary/aromatic N) is 2. The Labute approximate surface area is 110 Å². The van der Waals surface area contributed by atoms with Crippen LogP contribution in [0.4, 0.5) is 10.1 Å². The molecule has 5 nitrogen and oxygen atoms in total. The summed E-state index contributed by atoms with van der Waals surface area (Å²) in [6.07, 6.45) is -0.283. The Bertz CT molecular complexity index is 569. The van der Waals surface area contributed by atoms with Crippen LogP contribution in [-0.2, 0) is 4.74 Å². The van der Waals surface area contributed by atoms with Crippen molar-refractivity contribution < 1.29 is 13.7 Å².